The van der Waals surface area contributed by atoms with Gasteiger partial charge in [0, 0.05) is 56.7 Å². The molecule has 1 aromatic rings. The monoisotopic (exact) mass is 651 g/mol. The van der Waals surface area contributed by atoms with Gasteiger partial charge < -0.3 is 19.6 Å². The summed E-state index contributed by atoms with van der Waals surface area (Å²) in [6, 6.07) is 6.33. The molecule has 1 N–H and O–H groups in total. The molecule has 3 heterocycles. The number of carboxylic acids is 1. The Balaban J connectivity index is 0.000000617. The van der Waals surface area contributed by atoms with Gasteiger partial charge in [0.15, 0.2) is 0 Å². The Morgan fingerprint density at radius 2 is 1.54 bits per heavy atom. The number of carboxylic acid groups (broad SMARTS) is 1. The number of alkyl halides is 3. The van der Waals surface area contributed by atoms with E-state index in [9.17, 15) is 22.8 Å². The molecule has 4 fully saturated rings. The number of halogens is 3. The lowest BCUT2D eigenvalue weighted by Gasteiger charge is -2.51. The number of nitrogens with zero attached hydrogens (tertiary/aromatic N) is 3. The number of amides is 2. The molecule has 3 saturated heterocycles. The van der Waals surface area contributed by atoms with Crippen LogP contribution in [0.25, 0.3) is 0 Å². The number of aryl methyl sites for hydroxylation is 2. The summed E-state index contributed by atoms with van der Waals surface area (Å²) in [6.07, 6.45) is 8.52. The summed E-state index contributed by atoms with van der Waals surface area (Å²) in [5.74, 6) is -1.94. The van der Waals surface area contributed by atoms with Crippen molar-refractivity contribution in [2.45, 2.75) is 128 Å². The molecule has 0 radical (unpaired) electrons. The molecule has 0 aromatic heterocycles. The van der Waals surface area contributed by atoms with E-state index >= 15 is 0 Å². The molecule has 1 atom stereocenters. The molecule has 1 saturated carbocycles. The van der Waals surface area contributed by atoms with Crippen LogP contribution in [0.2, 0.25) is 0 Å². The molecule has 1 spiro atoms. The standard InChI is InChI=1S/C33H51N3O3.C2HF3O2/c1-5-6-15-28-33(39-31(38)36(28)24-27-13-8-7-9-14-27)18-22-35(23-19-33)32(4)16-20-34(21-17-32)30(37)29-25(2)11-10-12-26(29)3;3-2(4,5)1(6)7/h10-12,27-28H,5-9,13-24H2,1-4H3;(H,6,7). The van der Waals surface area contributed by atoms with Crippen molar-refractivity contribution >= 4 is 18.0 Å². The Kier molecular flexibility index (Phi) is 11.7. The number of aliphatic carboxylic acids is 1. The number of hydrogen-bond acceptors (Lipinski definition) is 5. The van der Waals surface area contributed by atoms with Crippen molar-refractivity contribution in [2.75, 3.05) is 32.7 Å². The van der Waals surface area contributed by atoms with Crippen molar-refractivity contribution in [3.63, 3.8) is 0 Å². The summed E-state index contributed by atoms with van der Waals surface area (Å²) in [5.41, 5.74) is 2.77. The molecule has 0 bridgehead atoms. The van der Waals surface area contributed by atoms with Gasteiger partial charge >= 0.3 is 18.2 Å². The third kappa shape index (κ3) is 8.17. The van der Waals surface area contributed by atoms with Gasteiger partial charge in [-0.25, -0.2) is 9.59 Å². The van der Waals surface area contributed by atoms with Crippen molar-refractivity contribution in [2.24, 2.45) is 5.92 Å². The van der Waals surface area contributed by atoms with Gasteiger partial charge in [0.1, 0.15) is 5.60 Å². The number of likely N-dealkylation sites (tertiary alicyclic amines) is 2. The summed E-state index contributed by atoms with van der Waals surface area (Å²) >= 11 is 0. The first-order valence-electron chi connectivity index (χ1n) is 17.1. The SMILES string of the molecule is CCCCC1N(CC2CCCCC2)C(=O)OC12CCN(C1(C)CCN(C(=O)c3c(C)cccc3C)CC1)CC2.O=C(O)C(F)(F)F. The number of carbonyl (C=O) groups excluding carboxylic acids is 2. The Hall–Kier alpha value is -2.82. The highest BCUT2D eigenvalue weighted by Gasteiger charge is 2.56. The van der Waals surface area contributed by atoms with Crippen LogP contribution in [0.3, 0.4) is 0 Å². The molecule has 2 amide bonds. The minimum Gasteiger partial charge on any atom is -0.475 e. The second-order valence-electron chi connectivity index (χ2n) is 14.1. The predicted octanol–water partition coefficient (Wildman–Crippen LogP) is 7.36. The fourth-order valence-corrected chi connectivity index (χ4v) is 8.06. The van der Waals surface area contributed by atoms with Gasteiger partial charge in [-0.15, -0.1) is 0 Å². The quantitative estimate of drug-likeness (QED) is 0.332. The minimum absolute atomic E-state index is 0.0559. The number of hydrogen-bond donors (Lipinski definition) is 1. The van der Waals surface area contributed by atoms with E-state index in [0.717, 1.165) is 94.4 Å². The average molecular weight is 652 g/mol. The van der Waals surface area contributed by atoms with Gasteiger partial charge in [-0.05, 0) is 69.9 Å². The third-order valence-electron chi connectivity index (χ3n) is 11.0. The molecule has 46 heavy (non-hydrogen) atoms. The fraction of sp³-hybridized carbons (Fsp3) is 0.743. The van der Waals surface area contributed by atoms with E-state index in [0.29, 0.717) is 5.92 Å². The van der Waals surface area contributed by atoms with Crippen LogP contribution >= 0.6 is 0 Å². The summed E-state index contributed by atoms with van der Waals surface area (Å²) in [6.45, 7) is 13.1. The zero-order chi connectivity index (χ0) is 33.7. The Labute approximate surface area is 271 Å². The van der Waals surface area contributed by atoms with Crippen LogP contribution in [-0.4, -0.2) is 93.9 Å². The maximum absolute atomic E-state index is 13.4. The lowest BCUT2D eigenvalue weighted by atomic mass is 9.78. The zero-order valence-electron chi connectivity index (χ0n) is 28.0. The fourth-order valence-electron chi connectivity index (χ4n) is 8.06. The van der Waals surface area contributed by atoms with Crippen molar-refractivity contribution < 1.29 is 37.4 Å². The van der Waals surface area contributed by atoms with Gasteiger partial charge in [-0.3, -0.25) is 9.69 Å². The number of rotatable bonds is 7. The first kappa shape index (κ1) is 36.0. The Morgan fingerprint density at radius 3 is 2.07 bits per heavy atom. The van der Waals surface area contributed by atoms with Crippen molar-refractivity contribution in [1.29, 1.82) is 0 Å². The topological polar surface area (TPSA) is 90.4 Å². The maximum Gasteiger partial charge on any atom is 0.490 e. The maximum atomic E-state index is 13.4. The highest BCUT2D eigenvalue weighted by molar-refractivity contribution is 5.97. The number of piperidine rings is 2. The van der Waals surface area contributed by atoms with E-state index in [4.69, 9.17) is 14.6 Å². The third-order valence-corrected chi connectivity index (χ3v) is 11.0. The van der Waals surface area contributed by atoms with Crippen LogP contribution in [0.5, 0.6) is 0 Å². The number of unbranched alkanes of at least 4 members (excludes halogenated alkanes) is 1. The smallest absolute Gasteiger partial charge is 0.475 e. The summed E-state index contributed by atoms with van der Waals surface area (Å²) in [7, 11) is 0. The first-order valence-corrected chi connectivity index (χ1v) is 17.1. The lowest BCUT2D eigenvalue weighted by Crippen LogP contribution is -2.60. The van der Waals surface area contributed by atoms with E-state index in [1.54, 1.807) is 0 Å². The van der Waals surface area contributed by atoms with Gasteiger partial charge in [-0.1, -0.05) is 57.2 Å². The Bertz CT molecular complexity index is 1200. The normalized spacial score (nSPS) is 23.5. The zero-order valence-corrected chi connectivity index (χ0v) is 28.0. The molecule has 1 aliphatic carbocycles. The van der Waals surface area contributed by atoms with Crippen molar-refractivity contribution in [3.8, 4) is 0 Å². The highest BCUT2D eigenvalue weighted by atomic mass is 19.4. The summed E-state index contributed by atoms with van der Waals surface area (Å²) in [5, 5.41) is 7.12. The second kappa shape index (κ2) is 14.9. The summed E-state index contributed by atoms with van der Waals surface area (Å²) in [4.78, 5) is 42.4. The Morgan fingerprint density at radius 1 is 0.978 bits per heavy atom. The van der Waals surface area contributed by atoms with Crippen LogP contribution in [0.15, 0.2) is 18.2 Å². The van der Waals surface area contributed by atoms with Crippen LogP contribution in [0.1, 0.15) is 112 Å². The number of ether oxygens (including phenoxy) is 1. The number of carbonyl (C=O) groups is 3. The molecule has 1 aromatic carbocycles. The van der Waals surface area contributed by atoms with E-state index in [-0.39, 0.29) is 29.2 Å². The van der Waals surface area contributed by atoms with Gasteiger partial charge in [0.25, 0.3) is 5.91 Å². The predicted molar refractivity (Wildman–Crippen MR) is 170 cm³/mol. The molecular formula is C35H52F3N3O5. The molecule has 11 heteroatoms. The minimum atomic E-state index is -5.08. The number of benzene rings is 1. The van der Waals surface area contributed by atoms with Gasteiger partial charge in [-0.2, -0.15) is 13.2 Å². The van der Waals surface area contributed by atoms with E-state index < -0.39 is 12.1 Å². The largest absolute Gasteiger partial charge is 0.490 e. The van der Waals surface area contributed by atoms with Crippen LogP contribution in [0.4, 0.5) is 18.0 Å². The molecular weight excluding hydrogens is 599 g/mol. The molecule has 4 aliphatic rings. The van der Waals surface area contributed by atoms with Gasteiger partial charge in [0.2, 0.25) is 0 Å². The van der Waals surface area contributed by atoms with Gasteiger partial charge in [0.05, 0.1) is 6.04 Å². The lowest BCUT2D eigenvalue weighted by molar-refractivity contribution is -0.192. The van der Waals surface area contributed by atoms with E-state index in [2.05, 4.69) is 28.5 Å². The molecule has 8 nitrogen and oxygen atoms in total. The molecule has 1 unspecified atom stereocenters. The van der Waals surface area contributed by atoms with E-state index in [1.165, 1.54) is 32.1 Å². The summed E-state index contributed by atoms with van der Waals surface area (Å²) < 4.78 is 38.1. The van der Waals surface area contributed by atoms with E-state index in [1.807, 2.05) is 32.0 Å². The van der Waals surface area contributed by atoms with Crippen LogP contribution in [0, 0.1) is 19.8 Å². The van der Waals surface area contributed by atoms with Crippen LogP contribution in [-0.2, 0) is 9.53 Å². The second-order valence-corrected chi connectivity index (χ2v) is 14.1. The first-order chi connectivity index (χ1) is 21.7. The highest BCUT2D eigenvalue weighted by Crippen LogP contribution is 2.44. The molecule has 5 rings (SSSR count). The van der Waals surface area contributed by atoms with Crippen molar-refractivity contribution in [1.82, 2.24) is 14.7 Å². The van der Waals surface area contributed by atoms with Crippen LogP contribution < -0.4 is 0 Å². The molecule has 3 aliphatic heterocycles. The molecule has 258 valence electrons. The average Bonchev–Trinajstić information content (AvgIpc) is 3.25. The van der Waals surface area contributed by atoms with Crippen molar-refractivity contribution in [3.05, 3.63) is 34.9 Å².